The van der Waals surface area contributed by atoms with Crippen molar-refractivity contribution in [2.45, 2.75) is 6.54 Å². The predicted molar refractivity (Wildman–Crippen MR) is 80.3 cm³/mol. The molecule has 0 saturated heterocycles. The summed E-state index contributed by atoms with van der Waals surface area (Å²) < 4.78 is 0. The van der Waals surface area contributed by atoms with E-state index in [-0.39, 0.29) is 0 Å². The molecule has 0 atom stereocenters. The minimum atomic E-state index is 0.755. The van der Waals surface area contributed by atoms with E-state index in [1.54, 1.807) is 0 Å². The van der Waals surface area contributed by atoms with E-state index in [4.69, 9.17) is 5.26 Å². The van der Waals surface area contributed by atoms with E-state index < -0.39 is 0 Å². The van der Waals surface area contributed by atoms with Crippen LogP contribution in [-0.2, 0) is 6.54 Å². The third-order valence-electron chi connectivity index (χ3n) is 2.99. The lowest BCUT2D eigenvalue weighted by Crippen LogP contribution is -1.96. The minimum absolute atomic E-state index is 0.755. The van der Waals surface area contributed by atoms with Gasteiger partial charge >= 0.3 is 0 Å². The standard InChI is InChI=1S/C16H12N2S/c17-10-15-7-8-16(19-15)11-18-14-6-5-12-3-1-2-4-13(12)9-14/h1-9,18H,11H2. The highest BCUT2D eigenvalue weighted by Gasteiger charge is 2.00. The number of fused-ring (bicyclic) bond motifs is 1. The van der Waals surface area contributed by atoms with Crippen LogP contribution in [-0.4, -0.2) is 0 Å². The van der Waals surface area contributed by atoms with Crippen molar-refractivity contribution in [2.75, 3.05) is 5.32 Å². The van der Waals surface area contributed by atoms with Gasteiger partial charge in [-0.05, 0) is 35.0 Å². The zero-order valence-corrected chi connectivity index (χ0v) is 11.1. The third-order valence-corrected chi connectivity index (χ3v) is 3.98. The Hall–Kier alpha value is -2.31. The summed E-state index contributed by atoms with van der Waals surface area (Å²) in [7, 11) is 0. The van der Waals surface area contributed by atoms with Gasteiger partial charge < -0.3 is 5.32 Å². The molecule has 1 heterocycles. The van der Waals surface area contributed by atoms with Crippen LogP contribution in [0.4, 0.5) is 5.69 Å². The lowest BCUT2D eigenvalue weighted by atomic mass is 10.1. The highest BCUT2D eigenvalue weighted by atomic mass is 32.1. The van der Waals surface area contributed by atoms with Crippen LogP contribution in [0.1, 0.15) is 9.75 Å². The van der Waals surface area contributed by atoms with E-state index in [1.165, 1.54) is 27.0 Å². The normalized spacial score (nSPS) is 10.3. The second kappa shape index (κ2) is 5.13. The summed E-state index contributed by atoms with van der Waals surface area (Å²) in [6.07, 6.45) is 0. The predicted octanol–water partition coefficient (Wildman–Crippen LogP) is 4.39. The molecule has 0 radical (unpaired) electrons. The maximum atomic E-state index is 8.79. The molecule has 0 bridgehead atoms. The molecule has 0 spiro atoms. The Morgan fingerprint density at radius 3 is 2.63 bits per heavy atom. The molecule has 92 valence electrons. The highest BCUT2D eigenvalue weighted by molar-refractivity contribution is 7.12. The molecular formula is C16H12N2S. The Kier molecular flexibility index (Phi) is 3.18. The number of nitrogens with one attached hydrogen (secondary N) is 1. The fourth-order valence-corrected chi connectivity index (χ4v) is 2.77. The van der Waals surface area contributed by atoms with Crippen molar-refractivity contribution in [3.05, 3.63) is 64.4 Å². The molecule has 0 aliphatic rings. The molecule has 3 heteroatoms. The molecule has 0 aliphatic heterocycles. The summed E-state index contributed by atoms with van der Waals surface area (Å²) in [6.45, 7) is 0.755. The van der Waals surface area contributed by atoms with Crippen LogP contribution in [0.3, 0.4) is 0 Å². The van der Waals surface area contributed by atoms with Crippen LogP contribution in [0.2, 0.25) is 0 Å². The van der Waals surface area contributed by atoms with Crippen molar-refractivity contribution >= 4 is 27.8 Å². The van der Waals surface area contributed by atoms with Crippen LogP contribution < -0.4 is 5.32 Å². The Morgan fingerprint density at radius 2 is 1.84 bits per heavy atom. The van der Waals surface area contributed by atoms with Gasteiger partial charge in [-0.15, -0.1) is 11.3 Å². The average Bonchev–Trinajstić information content (AvgIpc) is 2.93. The summed E-state index contributed by atoms with van der Waals surface area (Å²) in [6, 6.07) is 20.7. The molecule has 0 saturated carbocycles. The Bertz CT molecular complexity index is 753. The fourth-order valence-electron chi connectivity index (χ4n) is 2.02. The number of thiophene rings is 1. The summed E-state index contributed by atoms with van der Waals surface area (Å²) in [5.74, 6) is 0. The van der Waals surface area contributed by atoms with E-state index in [9.17, 15) is 0 Å². The second-order valence-corrected chi connectivity index (χ2v) is 5.46. The van der Waals surface area contributed by atoms with Crippen molar-refractivity contribution in [3.8, 4) is 6.07 Å². The number of nitriles is 1. The molecule has 1 aromatic heterocycles. The summed E-state index contributed by atoms with van der Waals surface area (Å²) in [5.41, 5.74) is 1.10. The molecule has 3 rings (SSSR count). The fraction of sp³-hybridized carbons (Fsp3) is 0.0625. The monoisotopic (exact) mass is 264 g/mol. The van der Waals surface area contributed by atoms with Gasteiger partial charge in [-0.1, -0.05) is 30.3 Å². The Labute approximate surface area is 115 Å². The van der Waals surface area contributed by atoms with Gasteiger partial charge in [0.05, 0.1) is 0 Å². The quantitative estimate of drug-likeness (QED) is 0.761. The minimum Gasteiger partial charge on any atom is -0.380 e. The number of hydrogen-bond acceptors (Lipinski definition) is 3. The van der Waals surface area contributed by atoms with Gasteiger partial charge in [0.2, 0.25) is 0 Å². The van der Waals surface area contributed by atoms with Crippen LogP contribution in [0, 0.1) is 11.3 Å². The largest absolute Gasteiger partial charge is 0.380 e. The molecule has 2 nitrogen and oxygen atoms in total. The van der Waals surface area contributed by atoms with Crippen LogP contribution in [0.25, 0.3) is 10.8 Å². The smallest absolute Gasteiger partial charge is 0.110 e. The average molecular weight is 264 g/mol. The van der Waals surface area contributed by atoms with E-state index in [0.29, 0.717) is 0 Å². The Morgan fingerprint density at radius 1 is 1.00 bits per heavy atom. The first-order valence-corrected chi connectivity index (χ1v) is 6.88. The van der Waals surface area contributed by atoms with Gasteiger partial charge in [0.1, 0.15) is 10.9 Å². The first-order chi connectivity index (χ1) is 9.35. The third kappa shape index (κ3) is 2.59. The topological polar surface area (TPSA) is 35.8 Å². The van der Waals surface area contributed by atoms with Gasteiger partial charge in [0.15, 0.2) is 0 Å². The van der Waals surface area contributed by atoms with Crippen molar-refractivity contribution in [1.29, 1.82) is 5.26 Å². The molecule has 19 heavy (non-hydrogen) atoms. The van der Waals surface area contributed by atoms with E-state index in [0.717, 1.165) is 17.1 Å². The summed E-state index contributed by atoms with van der Waals surface area (Å²) in [4.78, 5) is 1.93. The van der Waals surface area contributed by atoms with Gasteiger partial charge in [0, 0.05) is 17.1 Å². The zero-order chi connectivity index (χ0) is 13.1. The van der Waals surface area contributed by atoms with Crippen molar-refractivity contribution in [2.24, 2.45) is 0 Å². The first-order valence-electron chi connectivity index (χ1n) is 6.07. The van der Waals surface area contributed by atoms with E-state index >= 15 is 0 Å². The Balaban J connectivity index is 1.76. The van der Waals surface area contributed by atoms with Gasteiger partial charge in [-0.3, -0.25) is 0 Å². The molecule has 0 fully saturated rings. The van der Waals surface area contributed by atoms with Crippen molar-refractivity contribution in [1.82, 2.24) is 0 Å². The summed E-state index contributed by atoms with van der Waals surface area (Å²) >= 11 is 1.53. The van der Waals surface area contributed by atoms with E-state index in [2.05, 4.69) is 41.7 Å². The molecule has 1 N–H and O–H groups in total. The number of benzene rings is 2. The molecule has 2 aromatic carbocycles. The lowest BCUT2D eigenvalue weighted by Gasteiger charge is -2.06. The summed E-state index contributed by atoms with van der Waals surface area (Å²) in [5, 5.41) is 14.7. The maximum Gasteiger partial charge on any atom is 0.110 e. The molecule has 0 unspecified atom stereocenters. The van der Waals surface area contributed by atoms with Crippen molar-refractivity contribution < 1.29 is 0 Å². The number of hydrogen-bond donors (Lipinski definition) is 1. The lowest BCUT2D eigenvalue weighted by molar-refractivity contribution is 1.20. The van der Waals surface area contributed by atoms with Gasteiger partial charge in [-0.25, -0.2) is 0 Å². The van der Waals surface area contributed by atoms with Crippen LogP contribution in [0.5, 0.6) is 0 Å². The number of rotatable bonds is 3. The SMILES string of the molecule is N#Cc1ccc(CNc2ccc3ccccc3c2)s1. The number of nitrogens with zero attached hydrogens (tertiary/aromatic N) is 1. The highest BCUT2D eigenvalue weighted by Crippen LogP contribution is 2.21. The molecular weight excluding hydrogens is 252 g/mol. The second-order valence-electron chi connectivity index (χ2n) is 4.29. The molecule has 0 amide bonds. The van der Waals surface area contributed by atoms with Crippen LogP contribution >= 0.6 is 11.3 Å². The molecule has 3 aromatic rings. The van der Waals surface area contributed by atoms with E-state index in [1.807, 2.05) is 24.3 Å². The van der Waals surface area contributed by atoms with Crippen LogP contribution in [0.15, 0.2) is 54.6 Å². The maximum absolute atomic E-state index is 8.79. The number of anilines is 1. The van der Waals surface area contributed by atoms with Crippen molar-refractivity contribution in [3.63, 3.8) is 0 Å². The first kappa shape index (κ1) is 11.8. The van der Waals surface area contributed by atoms with Gasteiger partial charge in [-0.2, -0.15) is 5.26 Å². The van der Waals surface area contributed by atoms with Gasteiger partial charge in [0.25, 0.3) is 0 Å². The zero-order valence-electron chi connectivity index (χ0n) is 10.3. The molecule has 0 aliphatic carbocycles.